The SMILES string of the molecule is COc1ccc(CCC(C)NC(=O)c2cccc(S(=O)(=O)Nc3ccccc3Cl)c2)cc1. The fourth-order valence-electron chi connectivity index (χ4n) is 3.11. The predicted octanol–water partition coefficient (Wildman–Crippen LogP) is 4.90. The molecular weight excluding hydrogens is 448 g/mol. The number of halogens is 1. The van der Waals surface area contributed by atoms with Crippen LogP contribution in [0.4, 0.5) is 5.69 Å². The number of anilines is 1. The summed E-state index contributed by atoms with van der Waals surface area (Å²) in [6.45, 7) is 1.92. The predicted molar refractivity (Wildman–Crippen MR) is 127 cm³/mol. The molecular formula is C24H25ClN2O4S. The van der Waals surface area contributed by atoms with Crippen molar-refractivity contribution in [3.63, 3.8) is 0 Å². The van der Waals surface area contributed by atoms with Gasteiger partial charge >= 0.3 is 0 Å². The van der Waals surface area contributed by atoms with E-state index in [2.05, 4.69) is 10.0 Å². The number of hydrogen-bond donors (Lipinski definition) is 2. The average molecular weight is 473 g/mol. The van der Waals surface area contributed by atoms with Crippen LogP contribution in [-0.4, -0.2) is 27.5 Å². The van der Waals surface area contributed by atoms with E-state index in [1.54, 1.807) is 37.4 Å². The first-order valence-corrected chi connectivity index (χ1v) is 12.0. The lowest BCUT2D eigenvalue weighted by molar-refractivity contribution is 0.0938. The van der Waals surface area contributed by atoms with E-state index in [0.717, 1.165) is 24.2 Å². The van der Waals surface area contributed by atoms with Crippen LogP contribution >= 0.6 is 11.6 Å². The van der Waals surface area contributed by atoms with E-state index in [0.29, 0.717) is 0 Å². The quantitative estimate of drug-likeness (QED) is 0.464. The number of sulfonamides is 1. The fourth-order valence-corrected chi connectivity index (χ4v) is 4.47. The third kappa shape index (κ3) is 6.24. The van der Waals surface area contributed by atoms with E-state index in [1.807, 2.05) is 31.2 Å². The molecule has 0 saturated heterocycles. The first-order valence-electron chi connectivity index (χ1n) is 10.1. The molecule has 0 aromatic heterocycles. The number of carbonyl (C=O) groups excluding carboxylic acids is 1. The number of aryl methyl sites for hydroxylation is 1. The van der Waals surface area contributed by atoms with Gasteiger partial charge in [0.25, 0.3) is 15.9 Å². The molecule has 32 heavy (non-hydrogen) atoms. The van der Waals surface area contributed by atoms with Gasteiger partial charge in [0.05, 0.1) is 22.7 Å². The van der Waals surface area contributed by atoms with Crippen molar-refractivity contribution in [1.82, 2.24) is 5.32 Å². The van der Waals surface area contributed by atoms with Crippen LogP contribution in [0.1, 0.15) is 29.3 Å². The van der Waals surface area contributed by atoms with Gasteiger partial charge in [-0.3, -0.25) is 9.52 Å². The molecule has 3 rings (SSSR count). The van der Waals surface area contributed by atoms with E-state index in [1.165, 1.54) is 18.2 Å². The Bertz CT molecular complexity index is 1180. The Labute approximate surface area is 193 Å². The number of benzene rings is 3. The van der Waals surface area contributed by atoms with Gasteiger partial charge in [-0.05, 0) is 67.8 Å². The highest BCUT2D eigenvalue weighted by atomic mass is 35.5. The molecule has 6 nitrogen and oxygen atoms in total. The lowest BCUT2D eigenvalue weighted by Gasteiger charge is -2.15. The minimum atomic E-state index is -3.90. The smallest absolute Gasteiger partial charge is 0.261 e. The summed E-state index contributed by atoms with van der Waals surface area (Å²) in [5.41, 5.74) is 1.69. The zero-order chi connectivity index (χ0) is 23.1. The lowest BCUT2D eigenvalue weighted by Crippen LogP contribution is -2.33. The van der Waals surface area contributed by atoms with Crippen LogP contribution in [0.15, 0.2) is 77.7 Å². The zero-order valence-corrected chi connectivity index (χ0v) is 19.4. The molecule has 0 spiro atoms. The van der Waals surface area contributed by atoms with Crippen LogP contribution in [0, 0.1) is 0 Å². The molecule has 0 aliphatic rings. The van der Waals surface area contributed by atoms with Crippen molar-refractivity contribution in [3.05, 3.63) is 88.9 Å². The van der Waals surface area contributed by atoms with Gasteiger partial charge in [-0.2, -0.15) is 0 Å². The van der Waals surface area contributed by atoms with E-state index >= 15 is 0 Å². The number of para-hydroxylation sites is 1. The van der Waals surface area contributed by atoms with Crippen LogP contribution in [-0.2, 0) is 16.4 Å². The molecule has 168 valence electrons. The summed E-state index contributed by atoms with van der Waals surface area (Å²) in [5.74, 6) is 0.469. The Morgan fingerprint density at radius 3 is 2.44 bits per heavy atom. The van der Waals surface area contributed by atoms with E-state index < -0.39 is 10.0 Å². The Kier molecular flexibility index (Phi) is 7.77. The van der Waals surface area contributed by atoms with Crippen molar-refractivity contribution in [2.75, 3.05) is 11.8 Å². The highest BCUT2D eigenvalue weighted by Gasteiger charge is 2.18. The molecule has 2 N–H and O–H groups in total. The maximum atomic E-state index is 12.7. The first kappa shape index (κ1) is 23.6. The number of hydrogen-bond acceptors (Lipinski definition) is 4. The van der Waals surface area contributed by atoms with E-state index in [9.17, 15) is 13.2 Å². The van der Waals surface area contributed by atoms with Crippen LogP contribution in [0.2, 0.25) is 5.02 Å². The number of methoxy groups -OCH3 is 1. The number of rotatable bonds is 9. The summed E-state index contributed by atoms with van der Waals surface area (Å²) in [7, 11) is -2.27. The molecule has 8 heteroatoms. The van der Waals surface area contributed by atoms with Gasteiger partial charge in [0.2, 0.25) is 0 Å². The minimum absolute atomic E-state index is 0.0176. The molecule has 1 amide bonds. The molecule has 0 saturated carbocycles. The zero-order valence-electron chi connectivity index (χ0n) is 17.8. The van der Waals surface area contributed by atoms with Crippen molar-refractivity contribution >= 4 is 33.2 Å². The lowest BCUT2D eigenvalue weighted by atomic mass is 10.1. The van der Waals surface area contributed by atoms with Crippen molar-refractivity contribution in [2.45, 2.75) is 30.7 Å². The summed E-state index contributed by atoms with van der Waals surface area (Å²) in [6.07, 6.45) is 1.53. The Hall–Kier alpha value is -3.03. The molecule has 0 aliphatic carbocycles. The summed E-state index contributed by atoms with van der Waals surface area (Å²) in [4.78, 5) is 12.7. The second-order valence-corrected chi connectivity index (χ2v) is 9.46. The summed E-state index contributed by atoms with van der Waals surface area (Å²) in [6, 6.07) is 20.2. The maximum absolute atomic E-state index is 12.7. The fraction of sp³-hybridized carbons (Fsp3) is 0.208. The molecule has 0 aliphatic heterocycles. The third-order valence-electron chi connectivity index (χ3n) is 4.93. The largest absolute Gasteiger partial charge is 0.497 e. The monoisotopic (exact) mass is 472 g/mol. The molecule has 3 aromatic carbocycles. The van der Waals surface area contributed by atoms with Crippen LogP contribution in [0.5, 0.6) is 5.75 Å². The molecule has 1 atom stereocenters. The normalized spacial score (nSPS) is 12.1. The van der Waals surface area contributed by atoms with Gasteiger partial charge in [-0.1, -0.05) is 41.9 Å². The highest BCUT2D eigenvalue weighted by molar-refractivity contribution is 7.92. The summed E-state index contributed by atoms with van der Waals surface area (Å²) in [5, 5.41) is 3.21. The van der Waals surface area contributed by atoms with E-state index in [4.69, 9.17) is 16.3 Å². The van der Waals surface area contributed by atoms with Gasteiger partial charge in [0.15, 0.2) is 0 Å². The molecule has 0 bridgehead atoms. The molecule has 0 fully saturated rings. The van der Waals surface area contributed by atoms with Gasteiger partial charge in [-0.25, -0.2) is 8.42 Å². The summed E-state index contributed by atoms with van der Waals surface area (Å²) < 4.78 is 33.1. The van der Waals surface area contributed by atoms with Crippen molar-refractivity contribution in [2.24, 2.45) is 0 Å². The van der Waals surface area contributed by atoms with Gasteiger partial charge in [0.1, 0.15) is 5.75 Å². The Balaban J connectivity index is 1.63. The number of carbonyl (C=O) groups is 1. The molecule has 0 heterocycles. The molecule has 1 unspecified atom stereocenters. The van der Waals surface area contributed by atoms with Crippen molar-refractivity contribution in [3.8, 4) is 5.75 Å². The molecule has 0 radical (unpaired) electrons. The number of nitrogens with one attached hydrogen (secondary N) is 2. The topological polar surface area (TPSA) is 84.5 Å². The van der Waals surface area contributed by atoms with Crippen LogP contribution in [0.25, 0.3) is 0 Å². The average Bonchev–Trinajstić information content (AvgIpc) is 2.79. The standard InChI is InChI=1S/C24H25ClN2O4S/c1-17(10-11-18-12-14-20(31-2)15-13-18)26-24(28)19-6-5-7-21(16-19)32(29,30)27-23-9-4-3-8-22(23)25/h3-9,12-17,27H,10-11H2,1-2H3,(H,26,28). The van der Waals surface area contributed by atoms with Crippen molar-refractivity contribution in [1.29, 1.82) is 0 Å². The molecule has 3 aromatic rings. The second-order valence-electron chi connectivity index (χ2n) is 7.37. The first-order chi connectivity index (χ1) is 15.3. The Morgan fingerprint density at radius 1 is 1.03 bits per heavy atom. The second kappa shape index (κ2) is 10.5. The number of amides is 1. The van der Waals surface area contributed by atoms with Crippen molar-refractivity contribution < 1.29 is 17.9 Å². The maximum Gasteiger partial charge on any atom is 0.261 e. The number of ether oxygens (including phenoxy) is 1. The minimum Gasteiger partial charge on any atom is -0.497 e. The third-order valence-corrected chi connectivity index (χ3v) is 6.62. The Morgan fingerprint density at radius 2 is 1.75 bits per heavy atom. The van der Waals surface area contributed by atoms with Crippen LogP contribution < -0.4 is 14.8 Å². The van der Waals surface area contributed by atoms with Gasteiger partial charge in [0, 0.05) is 11.6 Å². The van der Waals surface area contributed by atoms with Crippen LogP contribution in [0.3, 0.4) is 0 Å². The van der Waals surface area contributed by atoms with Gasteiger partial charge in [-0.15, -0.1) is 0 Å². The highest BCUT2D eigenvalue weighted by Crippen LogP contribution is 2.24. The summed E-state index contributed by atoms with van der Waals surface area (Å²) >= 11 is 6.05. The van der Waals surface area contributed by atoms with E-state index in [-0.39, 0.29) is 33.1 Å². The van der Waals surface area contributed by atoms with Gasteiger partial charge < -0.3 is 10.1 Å².